The van der Waals surface area contributed by atoms with Crippen LogP contribution in [0.15, 0.2) is 12.5 Å². The summed E-state index contributed by atoms with van der Waals surface area (Å²) in [5.41, 5.74) is 12.0. The van der Waals surface area contributed by atoms with E-state index in [0.29, 0.717) is 37.3 Å². The number of nitrogens with zero attached hydrogens (tertiary/aromatic N) is 1. The number of hydrogen-bond acceptors (Lipinski definition) is 8. The molecule has 13 heteroatoms. The van der Waals surface area contributed by atoms with Gasteiger partial charge in [-0.05, 0) is 37.8 Å². The number of imidazole rings is 1. The van der Waals surface area contributed by atoms with Crippen molar-refractivity contribution in [3.8, 4) is 0 Å². The predicted molar refractivity (Wildman–Crippen MR) is 121 cm³/mol. The first-order chi connectivity index (χ1) is 15.3. The Balaban J connectivity index is 2.85. The molecule has 3 unspecified atom stereocenters. The maximum absolute atomic E-state index is 12.9. The van der Waals surface area contributed by atoms with Gasteiger partial charge < -0.3 is 37.5 Å². The van der Waals surface area contributed by atoms with Gasteiger partial charge in [-0.15, -0.1) is 0 Å². The fourth-order valence-corrected chi connectivity index (χ4v) is 3.28. The van der Waals surface area contributed by atoms with Crippen LogP contribution >= 0.6 is 11.8 Å². The van der Waals surface area contributed by atoms with Gasteiger partial charge in [0.25, 0.3) is 0 Å². The minimum Gasteiger partial charge on any atom is -0.480 e. The Kier molecular flexibility index (Phi) is 13.0. The van der Waals surface area contributed by atoms with Crippen molar-refractivity contribution in [2.75, 3.05) is 25.1 Å². The first-order valence-corrected chi connectivity index (χ1v) is 11.7. The molecule has 0 aliphatic heterocycles. The van der Waals surface area contributed by atoms with E-state index in [1.807, 2.05) is 6.26 Å². The number of rotatable bonds is 16. The van der Waals surface area contributed by atoms with Crippen LogP contribution in [0.1, 0.15) is 31.4 Å². The zero-order valence-electron chi connectivity index (χ0n) is 18.1. The number of carbonyl (C=O) groups is 4. The fourth-order valence-electron chi connectivity index (χ4n) is 2.81. The number of aliphatic carboxylic acids is 1. The molecule has 3 atom stereocenters. The minimum absolute atomic E-state index is 0.0684. The number of nitrogens with one attached hydrogen (secondary N) is 4. The lowest BCUT2D eigenvalue weighted by Gasteiger charge is -2.24. The zero-order chi connectivity index (χ0) is 23.9. The summed E-state index contributed by atoms with van der Waals surface area (Å²) < 4.78 is 0. The summed E-state index contributed by atoms with van der Waals surface area (Å²) in [6.07, 6.45) is 7.09. The number of unbranched alkanes of at least 4 members (excludes halogenated alkanes) is 1. The number of hydrogen-bond donors (Lipinski definition) is 7. The van der Waals surface area contributed by atoms with Crippen molar-refractivity contribution < 1.29 is 24.3 Å². The van der Waals surface area contributed by atoms with Gasteiger partial charge in [-0.3, -0.25) is 19.2 Å². The highest BCUT2D eigenvalue weighted by atomic mass is 32.2. The Morgan fingerprint density at radius 3 is 2.44 bits per heavy atom. The topological polar surface area (TPSA) is 205 Å². The van der Waals surface area contributed by atoms with Crippen LogP contribution in [0.2, 0.25) is 0 Å². The lowest BCUT2D eigenvalue weighted by atomic mass is 10.1. The maximum Gasteiger partial charge on any atom is 0.322 e. The van der Waals surface area contributed by atoms with Crippen molar-refractivity contribution in [1.82, 2.24) is 25.9 Å². The van der Waals surface area contributed by atoms with Crippen molar-refractivity contribution in [3.63, 3.8) is 0 Å². The Morgan fingerprint density at radius 1 is 1.12 bits per heavy atom. The number of carboxylic acids is 1. The van der Waals surface area contributed by atoms with Gasteiger partial charge in [0.1, 0.15) is 18.6 Å². The van der Waals surface area contributed by atoms with Crippen LogP contribution in [0.4, 0.5) is 0 Å². The van der Waals surface area contributed by atoms with E-state index >= 15 is 0 Å². The highest BCUT2D eigenvalue weighted by molar-refractivity contribution is 7.98. The number of thioether (sulfide) groups is 1. The zero-order valence-corrected chi connectivity index (χ0v) is 19.0. The maximum atomic E-state index is 12.9. The molecule has 0 aromatic carbocycles. The molecule has 0 saturated carbocycles. The van der Waals surface area contributed by atoms with E-state index in [0.717, 1.165) is 6.42 Å². The van der Waals surface area contributed by atoms with Crippen LogP contribution in [-0.2, 0) is 25.6 Å². The SMILES string of the molecule is CSCCC(NC(=O)C(N)CCCCN)C(=O)NC(Cc1cnc[nH]1)C(=O)NCC(=O)O. The third-order valence-corrected chi connectivity index (χ3v) is 5.22. The molecule has 1 aromatic rings. The van der Waals surface area contributed by atoms with E-state index in [1.54, 1.807) is 0 Å². The van der Waals surface area contributed by atoms with Crippen LogP contribution in [-0.4, -0.2) is 82.0 Å². The molecule has 1 rings (SSSR count). The molecule has 32 heavy (non-hydrogen) atoms. The molecular weight excluding hydrogens is 438 g/mol. The number of aromatic nitrogens is 2. The van der Waals surface area contributed by atoms with Gasteiger partial charge in [0.05, 0.1) is 12.4 Å². The normalized spacial score (nSPS) is 13.6. The lowest BCUT2D eigenvalue weighted by molar-refractivity contribution is -0.138. The Bertz CT molecular complexity index is 732. The van der Waals surface area contributed by atoms with E-state index < -0.39 is 48.4 Å². The molecule has 0 spiro atoms. The number of amides is 3. The van der Waals surface area contributed by atoms with Crippen molar-refractivity contribution in [2.45, 2.75) is 50.2 Å². The van der Waals surface area contributed by atoms with E-state index in [2.05, 4.69) is 25.9 Å². The van der Waals surface area contributed by atoms with E-state index in [9.17, 15) is 19.2 Å². The lowest BCUT2D eigenvalue weighted by Crippen LogP contribution is -2.56. The van der Waals surface area contributed by atoms with Gasteiger partial charge in [0.15, 0.2) is 0 Å². The minimum atomic E-state index is -1.21. The van der Waals surface area contributed by atoms with Gasteiger partial charge in [-0.25, -0.2) is 4.98 Å². The highest BCUT2D eigenvalue weighted by Gasteiger charge is 2.28. The Labute approximate surface area is 191 Å². The second kappa shape index (κ2) is 15.2. The van der Waals surface area contributed by atoms with Crippen LogP contribution < -0.4 is 27.4 Å². The monoisotopic (exact) mass is 471 g/mol. The molecule has 3 amide bonds. The van der Waals surface area contributed by atoms with Gasteiger partial charge >= 0.3 is 5.97 Å². The van der Waals surface area contributed by atoms with Crippen molar-refractivity contribution in [1.29, 1.82) is 0 Å². The molecule has 0 bridgehead atoms. The smallest absolute Gasteiger partial charge is 0.322 e. The highest BCUT2D eigenvalue weighted by Crippen LogP contribution is 2.06. The summed E-state index contributed by atoms with van der Waals surface area (Å²) in [5, 5.41) is 16.3. The summed E-state index contributed by atoms with van der Waals surface area (Å²) in [4.78, 5) is 55.4. The number of aromatic amines is 1. The summed E-state index contributed by atoms with van der Waals surface area (Å²) in [6, 6.07) is -2.73. The van der Waals surface area contributed by atoms with Gasteiger partial charge in [0.2, 0.25) is 17.7 Å². The molecule has 180 valence electrons. The van der Waals surface area contributed by atoms with Crippen LogP contribution in [0.25, 0.3) is 0 Å². The summed E-state index contributed by atoms with van der Waals surface area (Å²) >= 11 is 1.51. The predicted octanol–water partition coefficient (Wildman–Crippen LogP) is -1.67. The summed E-state index contributed by atoms with van der Waals surface area (Å²) in [5.74, 6) is -2.29. The number of nitrogens with two attached hydrogens (primary N) is 2. The van der Waals surface area contributed by atoms with Crippen molar-refractivity contribution in [3.05, 3.63) is 18.2 Å². The largest absolute Gasteiger partial charge is 0.480 e. The van der Waals surface area contributed by atoms with Crippen molar-refractivity contribution in [2.24, 2.45) is 11.5 Å². The Morgan fingerprint density at radius 2 is 1.84 bits per heavy atom. The van der Waals surface area contributed by atoms with E-state index in [4.69, 9.17) is 16.6 Å². The second-order valence-corrected chi connectivity index (χ2v) is 8.17. The quantitative estimate of drug-likeness (QED) is 0.137. The molecule has 0 aliphatic carbocycles. The van der Waals surface area contributed by atoms with Crippen molar-refractivity contribution >= 4 is 35.5 Å². The molecule has 0 fully saturated rings. The second-order valence-electron chi connectivity index (χ2n) is 7.19. The molecule has 9 N–H and O–H groups in total. The summed E-state index contributed by atoms with van der Waals surface area (Å²) in [7, 11) is 0. The third-order valence-electron chi connectivity index (χ3n) is 4.58. The molecule has 12 nitrogen and oxygen atoms in total. The average molecular weight is 472 g/mol. The number of carboxylic acid groups (broad SMARTS) is 1. The molecule has 1 aromatic heterocycles. The van der Waals surface area contributed by atoms with Gasteiger partial charge in [0, 0.05) is 18.3 Å². The van der Waals surface area contributed by atoms with E-state index in [-0.39, 0.29) is 6.42 Å². The first kappa shape index (κ1) is 27.4. The van der Waals surface area contributed by atoms with Crippen LogP contribution in [0.3, 0.4) is 0 Å². The van der Waals surface area contributed by atoms with Crippen LogP contribution in [0.5, 0.6) is 0 Å². The van der Waals surface area contributed by atoms with Gasteiger partial charge in [-0.2, -0.15) is 11.8 Å². The number of carbonyl (C=O) groups excluding carboxylic acids is 3. The molecule has 0 radical (unpaired) electrons. The molecular formula is C19H33N7O5S. The average Bonchev–Trinajstić information content (AvgIpc) is 3.27. The molecule has 0 aliphatic rings. The van der Waals surface area contributed by atoms with Gasteiger partial charge in [-0.1, -0.05) is 6.42 Å². The standard InChI is InChI=1S/C19H33N7O5S/c1-32-7-5-14(25-17(29)13(21)4-2-3-6-20)19(31)26-15(8-12-9-22-11-24-12)18(30)23-10-16(27)28/h9,11,13-15H,2-8,10,20-21H2,1H3,(H,22,24)(H,23,30)(H,25,29)(H,26,31)(H,27,28). The third kappa shape index (κ3) is 10.6. The molecule has 0 saturated heterocycles. The molecule has 1 heterocycles. The Hall–Kier alpha value is -2.64. The van der Waals surface area contributed by atoms with Crippen LogP contribution in [0, 0.1) is 0 Å². The summed E-state index contributed by atoms with van der Waals surface area (Å²) in [6.45, 7) is -0.0762. The van der Waals surface area contributed by atoms with E-state index in [1.165, 1.54) is 24.3 Å². The fraction of sp³-hybridized carbons (Fsp3) is 0.632. The first-order valence-electron chi connectivity index (χ1n) is 10.3. The number of H-pyrrole nitrogens is 1.